The third-order valence-electron chi connectivity index (χ3n) is 2.69. The van der Waals surface area contributed by atoms with Gasteiger partial charge in [0, 0.05) is 30.3 Å². The van der Waals surface area contributed by atoms with Crippen molar-refractivity contribution < 1.29 is 10.2 Å². The predicted octanol–water partition coefficient (Wildman–Crippen LogP) is 1.16. The van der Waals surface area contributed by atoms with Crippen molar-refractivity contribution in [3.8, 4) is 0 Å². The molecule has 0 saturated carbocycles. The number of pyridine rings is 1. The second-order valence-corrected chi connectivity index (χ2v) is 5.11. The highest BCUT2D eigenvalue weighted by molar-refractivity contribution is 6.30. The number of rotatable bonds is 6. The van der Waals surface area contributed by atoms with Gasteiger partial charge in [-0.2, -0.15) is 0 Å². The lowest BCUT2D eigenvalue weighted by Crippen LogP contribution is -2.38. The summed E-state index contributed by atoms with van der Waals surface area (Å²) in [5.74, 6) is 0. The van der Waals surface area contributed by atoms with E-state index in [4.69, 9.17) is 11.6 Å². The van der Waals surface area contributed by atoms with E-state index < -0.39 is 5.41 Å². The molecule has 2 N–H and O–H groups in total. The average Bonchev–Trinajstić information content (AvgIpc) is 2.32. The van der Waals surface area contributed by atoms with E-state index in [1.54, 1.807) is 6.20 Å². The molecule has 1 aromatic rings. The highest BCUT2D eigenvalue weighted by atomic mass is 35.5. The number of aliphatic hydroxyl groups is 2. The normalized spacial score (nSPS) is 12.1. The molecule has 0 bridgehead atoms. The first-order valence-corrected chi connectivity index (χ1v) is 5.88. The van der Waals surface area contributed by atoms with Crippen LogP contribution in [-0.2, 0) is 6.54 Å². The first-order chi connectivity index (χ1) is 8.00. The zero-order valence-electron chi connectivity index (χ0n) is 10.2. The van der Waals surface area contributed by atoms with Crippen LogP contribution in [0.25, 0.3) is 0 Å². The van der Waals surface area contributed by atoms with E-state index in [1.807, 2.05) is 31.0 Å². The van der Waals surface area contributed by atoms with Crippen LogP contribution in [0.2, 0.25) is 5.15 Å². The number of aliphatic hydroxyl groups excluding tert-OH is 2. The summed E-state index contributed by atoms with van der Waals surface area (Å²) >= 11 is 5.97. The van der Waals surface area contributed by atoms with Gasteiger partial charge in [-0.1, -0.05) is 24.6 Å². The van der Waals surface area contributed by atoms with Gasteiger partial charge in [0.25, 0.3) is 0 Å². The van der Waals surface area contributed by atoms with Crippen LogP contribution in [0.4, 0.5) is 0 Å². The van der Waals surface area contributed by atoms with Crippen molar-refractivity contribution in [1.82, 2.24) is 9.88 Å². The molecule has 1 rings (SSSR count). The summed E-state index contributed by atoms with van der Waals surface area (Å²) in [6.07, 6.45) is 1.65. The lowest BCUT2D eigenvalue weighted by Gasteiger charge is -2.30. The Bertz CT molecular complexity index is 356. The number of nitrogens with zero attached hydrogens (tertiary/aromatic N) is 2. The van der Waals surface area contributed by atoms with Crippen LogP contribution >= 0.6 is 11.6 Å². The Labute approximate surface area is 107 Å². The fraction of sp³-hybridized carbons (Fsp3) is 0.583. The minimum Gasteiger partial charge on any atom is -0.396 e. The summed E-state index contributed by atoms with van der Waals surface area (Å²) in [5.41, 5.74) is 0.443. The van der Waals surface area contributed by atoms with E-state index in [9.17, 15) is 10.2 Å². The van der Waals surface area contributed by atoms with Gasteiger partial charge >= 0.3 is 0 Å². The molecule has 0 radical (unpaired) electrons. The van der Waals surface area contributed by atoms with Crippen LogP contribution in [0.15, 0.2) is 18.3 Å². The van der Waals surface area contributed by atoms with Gasteiger partial charge in [0.15, 0.2) is 0 Å². The van der Waals surface area contributed by atoms with Gasteiger partial charge in [0.2, 0.25) is 0 Å². The monoisotopic (exact) mass is 258 g/mol. The average molecular weight is 259 g/mol. The van der Waals surface area contributed by atoms with Gasteiger partial charge in [0.1, 0.15) is 5.15 Å². The van der Waals surface area contributed by atoms with E-state index in [0.717, 1.165) is 5.56 Å². The van der Waals surface area contributed by atoms with Crippen LogP contribution in [0.5, 0.6) is 0 Å². The van der Waals surface area contributed by atoms with Crippen molar-refractivity contribution in [3.63, 3.8) is 0 Å². The van der Waals surface area contributed by atoms with Gasteiger partial charge in [-0.3, -0.25) is 0 Å². The molecule has 0 unspecified atom stereocenters. The van der Waals surface area contributed by atoms with Crippen LogP contribution in [0.3, 0.4) is 0 Å². The lowest BCUT2D eigenvalue weighted by atomic mass is 9.92. The Morgan fingerprint density at radius 1 is 1.41 bits per heavy atom. The summed E-state index contributed by atoms with van der Waals surface area (Å²) in [6, 6.07) is 3.76. The Hall–Kier alpha value is -0.680. The Kier molecular flexibility index (Phi) is 5.33. The smallest absolute Gasteiger partial charge is 0.133 e. The van der Waals surface area contributed by atoms with Crippen LogP contribution in [-0.4, -0.2) is 46.9 Å². The number of halogens is 1. The maximum Gasteiger partial charge on any atom is 0.133 e. The summed E-state index contributed by atoms with van der Waals surface area (Å²) < 4.78 is 0. The maximum absolute atomic E-state index is 9.23. The first-order valence-electron chi connectivity index (χ1n) is 5.50. The predicted molar refractivity (Wildman–Crippen MR) is 67.9 cm³/mol. The number of aromatic nitrogens is 1. The first kappa shape index (κ1) is 14.4. The highest BCUT2D eigenvalue weighted by Crippen LogP contribution is 2.19. The molecule has 1 heterocycles. The number of hydrogen-bond donors (Lipinski definition) is 2. The van der Waals surface area contributed by atoms with E-state index in [1.165, 1.54) is 0 Å². The van der Waals surface area contributed by atoms with E-state index in [0.29, 0.717) is 18.2 Å². The standard InChI is InChI=1S/C12H19ClN2O2/c1-12(8-16,9-17)7-15(2)6-10-4-3-5-14-11(10)13/h3-5,16-17H,6-9H2,1-2H3. The highest BCUT2D eigenvalue weighted by Gasteiger charge is 2.24. The summed E-state index contributed by atoms with van der Waals surface area (Å²) in [6.45, 7) is 2.98. The van der Waals surface area contributed by atoms with Crippen LogP contribution in [0, 0.1) is 5.41 Å². The molecule has 0 atom stereocenters. The van der Waals surface area contributed by atoms with Crippen LogP contribution in [0.1, 0.15) is 12.5 Å². The molecule has 0 spiro atoms. The molecule has 0 aliphatic rings. The molecule has 1 aromatic heterocycles. The minimum atomic E-state index is -0.497. The van der Waals surface area contributed by atoms with Gasteiger partial charge in [-0.15, -0.1) is 0 Å². The quantitative estimate of drug-likeness (QED) is 0.752. The third-order valence-corrected chi connectivity index (χ3v) is 3.03. The third kappa shape index (κ3) is 4.24. The molecular formula is C12H19ClN2O2. The van der Waals surface area contributed by atoms with Crippen molar-refractivity contribution in [2.24, 2.45) is 5.41 Å². The van der Waals surface area contributed by atoms with Crippen LogP contribution < -0.4 is 0 Å². The molecule has 4 nitrogen and oxygen atoms in total. The summed E-state index contributed by atoms with van der Waals surface area (Å²) in [5, 5.41) is 19.0. The number of hydrogen-bond acceptors (Lipinski definition) is 4. The zero-order valence-corrected chi connectivity index (χ0v) is 11.0. The second-order valence-electron chi connectivity index (χ2n) is 4.75. The molecule has 17 heavy (non-hydrogen) atoms. The van der Waals surface area contributed by atoms with Gasteiger partial charge in [-0.25, -0.2) is 4.98 Å². The van der Waals surface area contributed by atoms with Crippen molar-refractivity contribution in [2.75, 3.05) is 26.8 Å². The molecular weight excluding hydrogens is 240 g/mol. The SMILES string of the molecule is CN(Cc1cccnc1Cl)CC(C)(CO)CO. The van der Waals surface area contributed by atoms with Crippen molar-refractivity contribution in [3.05, 3.63) is 29.0 Å². The lowest BCUT2D eigenvalue weighted by molar-refractivity contribution is 0.0402. The van der Waals surface area contributed by atoms with Crippen molar-refractivity contribution in [2.45, 2.75) is 13.5 Å². The zero-order chi connectivity index (χ0) is 12.9. The fourth-order valence-electron chi connectivity index (χ4n) is 1.69. The van der Waals surface area contributed by atoms with Gasteiger partial charge in [0.05, 0.1) is 13.2 Å². The van der Waals surface area contributed by atoms with E-state index in [2.05, 4.69) is 4.98 Å². The molecule has 0 aromatic carbocycles. The molecule has 0 aliphatic carbocycles. The Morgan fingerprint density at radius 3 is 2.59 bits per heavy atom. The second kappa shape index (κ2) is 6.31. The molecule has 0 aliphatic heterocycles. The van der Waals surface area contributed by atoms with E-state index in [-0.39, 0.29) is 13.2 Å². The van der Waals surface area contributed by atoms with Crippen molar-refractivity contribution >= 4 is 11.6 Å². The maximum atomic E-state index is 9.23. The topological polar surface area (TPSA) is 56.6 Å². The molecule has 0 saturated heterocycles. The molecule has 0 amide bonds. The summed E-state index contributed by atoms with van der Waals surface area (Å²) in [7, 11) is 1.92. The minimum absolute atomic E-state index is 0.0470. The largest absolute Gasteiger partial charge is 0.396 e. The fourth-order valence-corrected chi connectivity index (χ4v) is 1.86. The van der Waals surface area contributed by atoms with Crippen molar-refractivity contribution in [1.29, 1.82) is 0 Å². The van der Waals surface area contributed by atoms with E-state index >= 15 is 0 Å². The Balaban J connectivity index is 2.61. The molecule has 96 valence electrons. The summed E-state index contributed by atoms with van der Waals surface area (Å²) in [4.78, 5) is 6.02. The molecule has 5 heteroatoms. The van der Waals surface area contributed by atoms with Gasteiger partial charge < -0.3 is 15.1 Å². The van der Waals surface area contributed by atoms with Gasteiger partial charge in [-0.05, 0) is 13.1 Å². The molecule has 0 fully saturated rings. The Morgan fingerprint density at radius 2 is 2.06 bits per heavy atom.